The van der Waals surface area contributed by atoms with E-state index in [1.54, 1.807) is 30.3 Å². The van der Waals surface area contributed by atoms with Gasteiger partial charge in [-0.1, -0.05) is 6.07 Å². The molecule has 8 heteroatoms. The van der Waals surface area contributed by atoms with Crippen LogP contribution in [0, 0.1) is 0 Å². The third kappa shape index (κ3) is 3.86. The quantitative estimate of drug-likeness (QED) is 0.779. The molecule has 2 aromatic rings. The van der Waals surface area contributed by atoms with Crippen molar-refractivity contribution in [1.82, 2.24) is 4.90 Å². The lowest BCUT2D eigenvalue weighted by atomic mass is 9.94. The lowest BCUT2D eigenvalue weighted by Gasteiger charge is -2.34. The fourth-order valence-electron chi connectivity index (χ4n) is 3.28. The minimum absolute atomic E-state index is 0.0928. The molecule has 1 aliphatic heterocycles. The summed E-state index contributed by atoms with van der Waals surface area (Å²) >= 11 is 0. The summed E-state index contributed by atoms with van der Waals surface area (Å²) in [5, 5.41) is 19.4. The second-order valence-corrected chi connectivity index (χ2v) is 6.27. The number of hydrogen-bond donors (Lipinski definition) is 2. The first-order valence-corrected chi connectivity index (χ1v) is 8.60. The second kappa shape index (κ2) is 8.18. The van der Waals surface area contributed by atoms with Gasteiger partial charge in [-0.15, -0.1) is 0 Å². The number of benzene rings is 2. The fraction of sp³-hybridized carbons (Fsp3) is 0.300. The predicted octanol–water partition coefficient (Wildman–Crippen LogP) is 1.86. The van der Waals surface area contributed by atoms with Crippen molar-refractivity contribution in [1.29, 1.82) is 0 Å². The van der Waals surface area contributed by atoms with E-state index in [9.17, 15) is 14.7 Å². The van der Waals surface area contributed by atoms with E-state index in [0.29, 0.717) is 28.2 Å². The molecule has 0 fully saturated rings. The third-order valence-corrected chi connectivity index (χ3v) is 4.52. The number of carbonyl (C=O) groups is 2. The standard InChI is InChI=1S/C20H21NO7/c1-26-16-6-7-17(27-2)19-14(16)9-21(10-15(19)22)20(25)12-4-3-5-13(8-12)28-11-18(23)24/h3-8,15,22H,9-11H2,1-2H3,(H,23,24). The highest BCUT2D eigenvalue weighted by Gasteiger charge is 2.32. The van der Waals surface area contributed by atoms with Crippen LogP contribution in [0.5, 0.6) is 17.2 Å². The Bertz CT molecular complexity index is 896. The normalized spacial score (nSPS) is 15.5. The van der Waals surface area contributed by atoms with Crippen LogP contribution in [0.25, 0.3) is 0 Å². The van der Waals surface area contributed by atoms with E-state index in [-0.39, 0.29) is 24.7 Å². The molecule has 1 amide bonds. The van der Waals surface area contributed by atoms with Gasteiger partial charge in [-0.05, 0) is 30.3 Å². The van der Waals surface area contributed by atoms with Crippen molar-refractivity contribution in [3.05, 3.63) is 53.1 Å². The number of carbonyl (C=O) groups excluding carboxylic acids is 1. The lowest BCUT2D eigenvalue weighted by molar-refractivity contribution is -0.139. The van der Waals surface area contributed by atoms with E-state index in [4.69, 9.17) is 19.3 Å². The van der Waals surface area contributed by atoms with E-state index >= 15 is 0 Å². The molecule has 2 aromatic carbocycles. The summed E-state index contributed by atoms with van der Waals surface area (Å²) < 4.78 is 15.9. The fourth-order valence-corrected chi connectivity index (χ4v) is 3.28. The van der Waals surface area contributed by atoms with E-state index in [1.165, 1.54) is 25.2 Å². The Balaban J connectivity index is 1.87. The topological polar surface area (TPSA) is 106 Å². The van der Waals surface area contributed by atoms with Gasteiger partial charge in [-0.25, -0.2) is 4.79 Å². The molecule has 0 saturated heterocycles. The molecule has 2 N–H and O–H groups in total. The minimum atomic E-state index is -1.10. The van der Waals surface area contributed by atoms with E-state index in [2.05, 4.69) is 0 Å². The number of hydrogen-bond acceptors (Lipinski definition) is 6. The van der Waals surface area contributed by atoms with Crippen molar-refractivity contribution >= 4 is 11.9 Å². The van der Waals surface area contributed by atoms with E-state index in [0.717, 1.165) is 0 Å². The van der Waals surface area contributed by atoms with Crippen LogP contribution in [0.2, 0.25) is 0 Å². The monoisotopic (exact) mass is 387 g/mol. The Morgan fingerprint density at radius 2 is 1.86 bits per heavy atom. The van der Waals surface area contributed by atoms with Gasteiger partial charge >= 0.3 is 5.97 Å². The summed E-state index contributed by atoms with van der Waals surface area (Å²) in [7, 11) is 3.05. The Kier molecular flexibility index (Phi) is 5.70. The number of β-amino-alcohol motifs (C(OH)–C–C–N with tert-alkyl or cyclic N) is 1. The number of nitrogens with zero attached hydrogens (tertiary/aromatic N) is 1. The third-order valence-electron chi connectivity index (χ3n) is 4.52. The molecule has 0 aromatic heterocycles. The van der Waals surface area contributed by atoms with Crippen molar-refractivity contribution in [3.63, 3.8) is 0 Å². The number of ether oxygens (including phenoxy) is 3. The smallest absolute Gasteiger partial charge is 0.341 e. The van der Waals surface area contributed by atoms with Crippen molar-refractivity contribution in [2.24, 2.45) is 0 Å². The Hall–Kier alpha value is -3.26. The summed E-state index contributed by atoms with van der Waals surface area (Å²) in [5.41, 5.74) is 1.64. The van der Waals surface area contributed by atoms with Gasteiger partial charge in [0.2, 0.25) is 0 Å². The molecule has 1 aliphatic rings. The maximum atomic E-state index is 13.0. The van der Waals surface area contributed by atoms with Crippen LogP contribution in [-0.4, -0.2) is 54.4 Å². The first kappa shape index (κ1) is 19.5. The van der Waals surface area contributed by atoms with E-state index < -0.39 is 18.7 Å². The van der Waals surface area contributed by atoms with Crippen LogP contribution in [0.1, 0.15) is 27.6 Å². The number of aliphatic hydroxyl groups excluding tert-OH is 1. The Labute approximate surface area is 161 Å². The molecule has 0 radical (unpaired) electrons. The molecule has 0 saturated carbocycles. The second-order valence-electron chi connectivity index (χ2n) is 6.27. The number of carboxylic acids is 1. The first-order chi connectivity index (χ1) is 13.4. The van der Waals surface area contributed by atoms with Crippen LogP contribution in [-0.2, 0) is 11.3 Å². The molecule has 1 atom stereocenters. The van der Waals surface area contributed by atoms with Crippen LogP contribution in [0.3, 0.4) is 0 Å². The summed E-state index contributed by atoms with van der Waals surface area (Å²) in [6.07, 6.45) is -0.927. The van der Waals surface area contributed by atoms with Gasteiger partial charge in [0, 0.05) is 16.7 Å². The van der Waals surface area contributed by atoms with Gasteiger partial charge in [-0.2, -0.15) is 0 Å². The summed E-state index contributed by atoms with van der Waals surface area (Å²) in [6, 6.07) is 9.74. The molecular weight excluding hydrogens is 366 g/mol. The number of rotatable bonds is 6. The number of carboxylic acid groups (broad SMARTS) is 1. The lowest BCUT2D eigenvalue weighted by Crippen LogP contribution is -2.38. The molecule has 0 aliphatic carbocycles. The van der Waals surface area contributed by atoms with Gasteiger partial charge in [0.25, 0.3) is 5.91 Å². The molecule has 1 unspecified atom stereocenters. The predicted molar refractivity (Wildman–Crippen MR) is 98.8 cm³/mol. The first-order valence-electron chi connectivity index (χ1n) is 8.60. The minimum Gasteiger partial charge on any atom is -0.496 e. The van der Waals surface area contributed by atoms with Crippen molar-refractivity contribution in [3.8, 4) is 17.2 Å². The zero-order valence-electron chi connectivity index (χ0n) is 15.5. The molecule has 8 nitrogen and oxygen atoms in total. The molecular formula is C20H21NO7. The highest BCUT2D eigenvalue weighted by atomic mass is 16.5. The maximum absolute atomic E-state index is 13.0. The van der Waals surface area contributed by atoms with Crippen molar-refractivity contribution in [2.75, 3.05) is 27.4 Å². The number of amides is 1. The van der Waals surface area contributed by atoms with Gasteiger partial charge in [0.15, 0.2) is 6.61 Å². The largest absolute Gasteiger partial charge is 0.496 e. The van der Waals surface area contributed by atoms with Gasteiger partial charge in [-0.3, -0.25) is 4.79 Å². The van der Waals surface area contributed by atoms with E-state index in [1.807, 2.05) is 0 Å². The number of aliphatic carboxylic acids is 1. The SMILES string of the molecule is COc1ccc(OC)c2c1CN(C(=O)c1cccc(OCC(=O)O)c1)CC2O. The van der Waals surface area contributed by atoms with Crippen LogP contribution < -0.4 is 14.2 Å². The van der Waals surface area contributed by atoms with Gasteiger partial charge < -0.3 is 29.3 Å². The zero-order chi connectivity index (χ0) is 20.3. The number of aliphatic hydroxyl groups is 1. The highest BCUT2D eigenvalue weighted by molar-refractivity contribution is 5.95. The summed E-state index contributed by atoms with van der Waals surface area (Å²) in [5.74, 6) is -0.0281. The molecule has 1 heterocycles. The molecule has 0 bridgehead atoms. The van der Waals surface area contributed by atoms with Crippen molar-refractivity contribution in [2.45, 2.75) is 12.6 Å². The molecule has 0 spiro atoms. The summed E-state index contributed by atoms with van der Waals surface area (Å²) in [4.78, 5) is 25.1. The molecule has 28 heavy (non-hydrogen) atoms. The average molecular weight is 387 g/mol. The van der Waals surface area contributed by atoms with Gasteiger partial charge in [0.1, 0.15) is 23.4 Å². The van der Waals surface area contributed by atoms with Crippen LogP contribution >= 0.6 is 0 Å². The zero-order valence-corrected chi connectivity index (χ0v) is 15.5. The maximum Gasteiger partial charge on any atom is 0.341 e. The molecule has 3 rings (SSSR count). The Morgan fingerprint density at radius 3 is 2.54 bits per heavy atom. The van der Waals surface area contributed by atoms with Gasteiger partial charge in [0.05, 0.1) is 27.3 Å². The number of fused-ring (bicyclic) bond motifs is 1. The molecule has 148 valence electrons. The number of methoxy groups -OCH3 is 2. The average Bonchev–Trinajstić information content (AvgIpc) is 2.70. The Morgan fingerprint density at radius 1 is 1.14 bits per heavy atom. The summed E-state index contributed by atoms with van der Waals surface area (Å²) in [6.45, 7) is -0.161. The van der Waals surface area contributed by atoms with Crippen molar-refractivity contribution < 1.29 is 34.0 Å². The van der Waals surface area contributed by atoms with Crippen LogP contribution in [0.15, 0.2) is 36.4 Å². The van der Waals surface area contributed by atoms with Crippen LogP contribution in [0.4, 0.5) is 0 Å². The highest BCUT2D eigenvalue weighted by Crippen LogP contribution is 2.39.